The van der Waals surface area contributed by atoms with Gasteiger partial charge in [-0.1, -0.05) is 95.0 Å². The lowest BCUT2D eigenvalue weighted by atomic mass is 10.1. The molecular weight excluding hydrogens is 624 g/mol. The van der Waals surface area contributed by atoms with Crippen molar-refractivity contribution in [2.75, 3.05) is 0 Å². The molecule has 0 aliphatic carbocycles. The summed E-state index contributed by atoms with van der Waals surface area (Å²) in [6.45, 7) is 1.63. The highest BCUT2D eigenvalue weighted by atomic mass is 35.5. The van der Waals surface area contributed by atoms with Crippen molar-refractivity contribution in [3.63, 3.8) is 0 Å². The first-order valence-corrected chi connectivity index (χ1v) is 13.0. The summed E-state index contributed by atoms with van der Waals surface area (Å²) in [4.78, 5) is 0. The maximum atomic E-state index is 12.1. The van der Waals surface area contributed by atoms with Gasteiger partial charge in [0.05, 0.1) is 5.56 Å². The number of alkyl halides is 3. The molecule has 5 aromatic rings. The topological polar surface area (TPSA) is 0 Å². The molecule has 0 spiro atoms. The first-order valence-electron chi connectivity index (χ1n) is 11.8. The molecule has 0 radical (unpaired) electrons. The minimum absolute atomic E-state index is 0.178. The molecular formula is C32H24Cl3F7. The Labute approximate surface area is 254 Å². The van der Waals surface area contributed by atoms with E-state index in [9.17, 15) is 30.7 Å². The molecule has 0 aromatic heterocycles. The molecule has 0 saturated heterocycles. The Balaban J connectivity index is 0.000000265. The highest BCUT2D eigenvalue weighted by Crippen LogP contribution is 2.29. The molecule has 0 atom stereocenters. The van der Waals surface area contributed by atoms with Crippen molar-refractivity contribution in [1.29, 1.82) is 0 Å². The average Bonchev–Trinajstić information content (AvgIpc) is 2.90. The van der Waals surface area contributed by atoms with E-state index in [2.05, 4.69) is 0 Å². The van der Waals surface area contributed by atoms with Crippen LogP contribution in [0.25, 0.3) is 0 Å². The highest BCUT2D eigenvalue weighted by Gasteiger charge is 2.29. The largest absolute Gasteiger partial charge is 0.416 e. The minimum atomic E-state index is -4.22. The lowest BCUT2D eigenvalue weighted by molar-refractivity contribution is -0.137. The van der Waals surface area contributed by atoms with Crippen LogP contribution in [0.15, 0.2) is 127 Å². The van der Waals surface area contributed by atoms with Gasteiger partial charge >= 0.3 is 6.18 Å². The van der Waals surface area contributed by atoms with Crippen molar-refractivity contribution in [2.24, 2.45) is 0 Å². The zero-order chi connectivity index (χ0) is 31.5. The van der Waals surface area contributed by atoms with Crippen LogP contribution in [0.3, 0.4) is 0 Å². The number of hydrogen-bond acceptors (Lipinski definition) is 0. The normalized spacial score (nSPS) is 9.79. The van der Waals surface area contributed by atoms with Crippen LogP contribution in [-0.2, 0) is 6.18 Å². The van der Waals surface area contributed by atoms with Crippen LogP contribution in [0.5, 0.6) is 0 Å². The summed E-state index contributed by atoms with van der Waals surface area (Å²) in [5, 5.41) is 1.79. The van der Waals surface area contributed by atoms with E-state index in [1.165, 1.54) is 48.5 Å². The summed E-state index contributed by atoms with van der Waals surface area (Å²) < 4.78 is 83.7. The molecule has 10 heteroatoms. The first kappa shape index (κ1) is 36.5. The van der Waals surface area contributed by atoms with Gasteiger partial charge in [-0.15, -0.1) is 0 Å². The Kier molecular flexibility index (Phi) is 17.0. The Morgan fingerprint density at radius 3 is 1.10 bits per heavy atom. The first-order chi connectivity index (χ1) is 19.8. The maximum absolute atomic E-state index is 12.1. The molecule has 0 nitrogen and oxygen atoms in total. The molecule has 0 aliphatic heterocycles. The third-order valence-electron chi connectivity index (χ3n) is 4.44. The third-order valence-corrected chi connectivity index (χ3v) is 5.14. The van der Waals surface area contributed by atoms with Gasteiger partial charge < -0.3 is 0 Å². The number of hydrogen-bond donors (Lipinski definition) is 0. The van der Waals surface area contributed by atoms with E-state index >= 15 is 0 Å². The molecule has 5 rings (SSSR count). The zero-order valence-electron chi connectivity index (χ0n) is 21.9. The quantitative estimate of drug-likeness (QED) is 0.147. The number of halogens is 10. The van der Waals surface area contributed by atoms with Crippen LogP contribution in [0.2, 0.25) is 15.1 Å². The molecule has 0 aliphatic rings. The van der Waals surface area contributed by atoms with Crippen LogP contribution < -0.4 is 0 Å². The molecule has 5 aromatic carbocycles. The van der Waals surface area contributed by atoms with Gasteiger partial charge in [0.1, 0.15) is 23.3 Å². The molecule has 0 saturated carbocycles. The highest BCUT2D eigenvalue weighted by molar-refractivity contribution is 6.34. The van der Waals surface area contributed by atoms with Crippen LogP contribution in [-0.4, -0.2) is 0 Å². The summed E-state index contributed by atoms with van der Waals surface area (Å²) >= 11 is 16.5. The Hall–Kier alpha value is -3.52. The van der Waals surface area contributed by atoms with Crippen LogP contribution in [0.1, 0.15) is 11.1 Å². The molecule has 0 fully saturated rings. The molecule has 0 N–H and O–H groups in total. The summed E-state index contributed by atoms with van der Waals surface area (Å²) in [6, 6.07) is 30.6. The van der Waals surface area contributed by atoms with E-state index in [0.717, 1.165) is 18.2 Å². The van der Waals surface area contributed by atoms with Gasteiger partial charge in [-0.25, -0.2) is 17.6 Å². The Morgan fingerprint density at radius 2 is 0.833 bits per heavy atom. The van der Waals surface area contributed by atoms with Gasteiger partial charge in [0.2, 0.25) is 0 Å². The fourth-order valence-electron chi connectivity index (χ4n) is 2.62. The minimum Gasteiger partial charge on any atom is -0.207 e. The smallest absolute Gasteiger partial charge is 0.207 e. The Bertz CT molecular complexity index is 1310. The van der Waals surface area contributed by atoms with Crippen molar-refractivity contribution >= 4 is 34.8 Å². The van der Waals surface area contributed by atoms with Gasteiger partial charge in [-0.05, 0) is 73.7 Å². The van der Waals surface area contributed by atoms with Gasteiger partial charge in [-0.2, -0.15) is 13.2 Å². The van der Waals surface area contributed by atoms with Crippen molar-refractivity contribution in [1.82, 2.24) is 0 Å². The lowest BCUT2D eigenvalue weighted by Gasteiger charge is -2.05. The van der Waals surface area contributed by atoms with Crippen LogP contribution >= 0.6 is 34.8 Å². The molecule has 0 amide bonds. The number of rotatable bonds is 0. The van der Waals surface area contributed by atoms with Gasteiger partial charge in [0, 0.05) is 21.1 Å². The second-order valence-corrected chi connectivity index (χ2v) is 9.29. The van der Waals surface area contributed by atoms with Gasteiger partial charge in [0.15, 0.2) is 0 Å². The van der Waals surface area contributed by atoms with Crippen molar-refractivity contribution in [3.05, 3.63) is 177 Å². The average molecular weight is 648 g/mol. The second-order valence-electron chi connectivity index (χ2n) is 7.98. The lowest BCUT2D eigenvalue weighted by Crippen LogP contribution is -2.04. The van der Waals surface area contributed by atoms with Crippen LogP contribution in [0.4, 0.5) is 30.7 Å². The molecule has 0 heterocycles. The van der Waals surface area contributed by atoms with Gasteiger partial charge in [-0.3, -0.25) is 0 Å². The number of aryl methyl sites for hydroxylation is 1. The second kappa shape index (κ2) is 19.6. The van der Waals surface area contributed by atoms with E-state index in [4.69, 9.17) is 34.8 Å². The fourth-order valence-corrected chi connectivity index (χ4v) is 3.23. The van der Waals surface area contributed by atoms with E-state index in [0.29, 0.717) is 20.6 Å². The van der Waals surface area contributed by atoms with Crippen LogP contribution in [0, 0.1) is 30.2 Å². The van der Waals surface area contributed by atoms with Gasteiger partial charge in [0.25, 0.3) is 0 Å². The van der Waals surface area contributed by atoms with E-state index in [1.54, 1.807) is 61.5 Å². The van der Waals surface area contributed by atoms with Crippen molar-refractivity contribution < 1.29 is 30.7 Å². The summed E-state index contributed by atoms with van der Waals surface area (Å²) in [6.07, 6.45) is -4.22. The van der Waals surface area contributed by atoms with E-state index in [-0.39, 0.29) is 11.6 Å². The predicted octanol–water partition coefficient (Wildman–Crippen LogP) is 12.3. The van der Waals surface area contributed by atoms with E-state index in [1.807, 2.05) is 6.07 Å². The molecule has 222 valence electrons. The van der Waals surface area contributed by atoms with E-state index < -0.39 is 23.4 Å². The summed E-state index contributed by atoms with van der Waals surface area (Å²) in [5.41, 5.74) is 0.0392. The SMILES string of the molecule is Cc1cccc(C(F)(F)F)c1.Clc1cccc(Cl)c1.Fc1cccc(Cl)c1.Fc1cccc(F)c1.Fc1ccccc1. The monoisotopic (exact) mass is 646 g/mol. The summed E-state index contributed by atoms with van der Waals surface area (Å²) in [7, 11) is 0. The predicted molar refractivity (Wildman–Crippen MR) is 157 cm³/mol. The maximum Gasteiger partial charge on any atom is 0.416 e. The molecule has 42 heavy (non-hydrogen) atoms. The van der Waals surface area contributed by atoms with Crippen molar-refractivity contribution in [3.8, 4) is 0 Å². The zero-order valence-corrected chi connectivity index (χ0v) is 24.2. The Morgan fingerprint density at radius 1 is 0.429 bits per heavy atom. The third kappa shape index (κ3) is 18.0. The summed E-state index contributed by atoms with van der Waals surface area (Å²) in [5.74, 6) is -1.55. The van der Waals surface area contributed by atoms with Crippen molar-refractivity contribution in [2.45, 2.75) is 13.1 Å². The fraction of sp³-hybridized carbons (Fsp3) is 0.0625. The number of benzene rings is 5. The molecule has 0 bridgehead atoms. The standard InChI is InChI=1S/C8H7F3.C6H4Cl2.C6H4ClF.C6H4F2.C6H5F/c1-6-3-2-4-7(5-6)8(9,10)11;3*7-5-2-1-3-6(8)4-5;7-6-4-2-1-3-5-6/h2-5H,1H3;3*1-4H;1-5H. The molecule has 0 unspecified atom stereocenters.